The van der Waals surface area contributed by atoms with E-state index in [1.165, 1.54) is 0 Å². The van der Waals surface area contributed by atoms with E-state index in [1.807, 2.05) is 0 Å². The van der Waals surface area contributed by atoms with Crippen molar-refractivity contribution < 1.29 is 73.5 Å². The molecule has 0 aliphatic heterocycles. The van der Waals surface area contributed by atoms with Crippen molar-refractivity contribution in [3.63, 3.8) is 0 Å². The first kappa shape index (κ1) is 24.1. The third-order valence-corrected chi connectivity index (χ3v) is 0.366. The van der Waals surface area contributed by atoms with Crippen molar-refractivity contribution >= 4 is 30.0 Å². The summed E-state index contributed by atoms with van der Waals surface area (Å²) in [5.74, 6) is -7.30. The SMILES string of the molecule is O=C(O)C(=O)O.O=C(O)C(=O)O.O=C([O-])O.[Li+]. The van der Waals surface area contributed by atoms with Gasteiger partial charge in [-0.1, -0.05) is 0 Å². The Morgan fingerprint density at radius 3 is 0.647 bits per heavy atom. The zero-order valence-electron chi connectivity index (χ0n) is 8.19. The van der Waals surface area contributed by atoms with Crippen LogP contribution in [0.1, 0.15) is 0 Å². The minimum atomic E-state index is -2.08. The molecule has 0 radical (unpaired) electrons. The quantitative estimate of drug-likeness (QED) is 0.201. The van der Waals surface area contributed by atoms with E-state index in [-0.39, 0.29) is 18.9 Å². The van der Waals surface area contributed by atoms with Crippen LogP contribution < -0.4 is 24.0 Å². The summed E-state index contributed by atoms with van der Waals surface area (Å²) in [4.78, 5) is 44.8. The Balaban J connectivity index is -0.0000000741. The Labute approximate surface area is 104 Å². The molecule has 5 N–H and O–H groups in total. The van der Waals surface area contributed by atoms with Crippen molar-refractivity contribution in [3.8, 4) is 0 Å². The molecule has 17 heavy (non-hydrogen) atoms. The molecular formula is C5H5LiO11. The first-order chi connectivity index (χ1) is 7.02. The molecule has 0 fully saturated rings. The predicted octanol–water partition coefficient (Wildman–Crippen LogP) is -5.80. The standard InChI is InChI=1S/2C2H2O4.CH2O3.Li/c2*3-1(4)2(5)6;2-1(3)4;/h2*(H,3,4)(H,5,6);(H2,2,3,4);/q;;;+1/p-1. The molecule has 0 unspecified atom stereocenters. The molecule has 0 saturated heterocycles. The first-order valence-electron chi connectivity index (χ1n) is 2.84. The number of hydrogen-bond acceptors (Lipinski definition) is 6. The molecule has 0 aromatic heterocycles. The van der Waals surface area contributed by atoms with Gasteiger partial charge in [0.2, 0.25) is 6.16 Å². The molecule has 92 valence electrons. The van der Waals surface area contributed by atoms with Gasteiger partial charge >= 0.3 is 42.7 Å². The summed E-state index contributed by atoms with van der Waals surface area (Å²) >= 11 is 0. The molecule has 0 spiro atoms. The van der Waals surface area contributed by atoms with Crippen LogP contribution in [-0.2, 0) is 19.2 Å². The average Bonchev–Trinajstić information content (AvgIpc) is 2.03. The Morgan fingerprint density at radius 2 is 0.647 bits per heavy atom. The van der Waals surface area contributed by atoms with Gasteiger partial charge in [0.05, 0.1) is 0 Å². The third kappa shape index (κ3) is 57.4. The number of carboxylic acids is 4. The van der Waals surface area contributed by atoms with Crippen molar-refractivity contribution in [1.82, 2.24) is 0 Å². The van der Waals surface area contributed by atoms with Crippen LogP contribution in [0.25, 0.3) is 0 Å². The van der Waals surface area contributed by atoms with Crippen LogP contribution >= 0.6 is 0 Å². The van der Waals surface area contributed by atoms with Crippen LogP contribution in [-0.4, -0.2) is 55.6 Å². The summed E-state index contributed by atoms with van der Waals surface area (Å²) in [5, 5.41) is 44.9. The van der Waals surface area contributed by atoms with Crippen LogP contribution in [0, 0.1) is 0 Å². The van der Waals surface area contributed by atoms with Gasteiger partial charge in [-0.05, 0) is 0 Å². The zero-order valence-corrected chi connectivity index (χ0v) is 8.19. The number of carboxylic acid groups (broad SMARTS) is 6. The maximum atomic E-state index is 9.10. The molecule has 0 atom stereocenters. The number of rotatable bonds is 0. The van der Waals surface area contributed by atoms with Crippen LogP contribution in [0.15, 0.2) is 0 Å². The maximum absolute atomic E-state index is 9.10. The van der Waals surface area contributed by atoms with Gasteiger partial charge in [0.15, 0.2) is 0 Å². The zero-order chi connectivity index (χ0) is 13.9. The summed E-state index contributed by atoms with van der Waals surface area (Å²) in [7, 11) is 0. The van der Waals surface area contributed by atoms with E-state index in [1.54, 1.807) is 0 Å². The summed E-state index contributed by atoms with van der Waals surface area (Å²) in [6.45, 7) is 0. The average molecular weight is 248 g/mol. The summed E-state index contributed by atoms with van der Waals surface area (Å²) in [5.41, 5.74) is 0. The molecule has 0 aromatic carbocycles. The van der Waals surface area contributed by atoms with E-state index in [0.29, 0.717) is 0 Å². The Kier molecular flexibility index (Phi) is 19.5. The minimum absolute atomic E-state index is 0. The van der Waals surface area contributed by atoms with E-state index in [9.17, 15) is 0 Å². The molecule has 0 amide bonds. The van der Waals surface area contributed by atoms with E-state index in [2.05, 4.69) is 0 Å². The second-order valence-corrected chi connectivity index (χ2v) is 1.49. The topological polar surface area (TPSA) is 210 Å². The number of aliphatic carboxylic acids is 4. The molecule has 0 aromatic rings. The third-order valence-electron chi connectivity index (χ3n) is 0.366. The summed E-state index contributed by atoms with van der Waals surface area (Å²) in [6.07, 6.45) is -2.08. The number of carbonyl (C=O) groups is 5. The monoisotopic (exact) mass is 248 g/mol. The van der Waals surface area contributed by atoms with Crippen molar-refractivity contribution in [2.24, 2.45) is 0 Å². The Bertz CT molecular complexity index is 242. The molecule has 0 saturated carbocycles. The van der Waals surface area contributed by atoms with Crippen molar-refractivity contribution in [1.29, 1.82) is 0 Å². The molecule has 0 rings (SSSR count). The predicted molar refractivity (Wildman–Crippen MR) is 38.6 cm³/mol. The molecule has 0 aliphatic carbocycles. The molecule has 11 nitrogen and oxygen atoms in total. The van der Waals surface area contributed by atoms with Gasteiger partial charge in [-0.3, -0.25) is 0 Å². The van der Waals surface area contributed by atoms with Crippen LogP contribution in [0.4, 0.5) is 4.79 Å². The van der Waals surface area contributed by atoms with Gasteiger partial charge in [-0.2, -0.15) is 0 Å². The van der Waals surface area contributed by atoms with Gasteiger partial charge in [-0.15, -0.1) is 0 Å². The van der Waals surface area contributed by atoms with E-state index in [4.69, 9.17) is 54.6 Å². The molecule has 0 bridgehead atoms. The van der Waals surface area contributed by atoms with Gasteiger partial charge in [0.25, 0.3) is 0 Å². The second kappa shape index (κ2) is 13.7. The normalized spacial score (nSPS) is 6.59. The van der Waals surface area contributed by atoms with Crippen molar-refractivity contribution in [2.45, 2.75) is 0 Å². The van der Waals surface area contributed by atoms with Crippen LogP contribution in [0.5, 0.6) is 0 Å². The molecule has 0 aliphatic rings. The fourth-order valence-corrected chi connectivity index (χ4v) is 0. The summed E-state index contributed by atoms with van der Waals surface area (Å²) in [6, 6.07) is 0. The van der Waals surface area contributed by atoms with E-state index >= 15 is 0 Å². The molecule has 12 heteroatoms. The van der Waals surface area contributed by atoms with Crippen molar-refractivity contribution in [3.05, 3.63) is 0 Å². The first-order valence-corrected chi connectivity index (χ1v) is 2.84. The second-order valence-electron chi connectivity index (χ2n) is 1.49. The van der Waals surface area contributed by atoms with Crippen LogP contribution in [0.3, 0.4) is 0 Å². The minimum Gasteiger partial charge on any atom is -0.565 e. The van der Waals surface area contributed by atoms with Gasteiger partial charge < -0.3 is 35.4 Å². The fraction of sp³-hybridized carbons (Fsp3) is 0. The Morgan fingerprint density at radius 1 is 0.588 bits per heavy atom. The largest absolute Gasteiger partial charge is 1.00 e. The van der Waals surface area contributed by atoms with E-state index in [0.717, 1.165) is 0 Å². The van der Waals surface area contributed by atoms with Gasteiger partial charge in [-0.25, -0.2) is 19.2 Å². The Hall–Kier alpha value is -2.25. The smallest absolute Gasteiger partial charge is 0.565 e. The maximum Gasteiger partial charge on any atom is 1.00 e. The van der Waals surface area contributed by atoms with E-state index < -0.39 is 30.0 Å². The molecule has 0 heterocycles. The van der Waals surface area contributed by atoms with Crippen LogP contribution in [0.2, 0.25) is 0 Å². The molecular weight excluding hydrogens is 243 g/mol. The van der Waals surface area contributed by atoms with Gasteiger partial charge in [0.1, 0.15) is 0 Å². The van der Waals surface area contributed by atoms with Crippen molar-refractivity contribution in [2.75, 3.05) is 0 Å². The number of hydrogen-bond donors (Lipinski definition) is 5. The van der Waals surface area contributed by atoms with Gasteiger partial charge in [0, 0.05) is 0 Å². The fourth-order valence-electron chi connectivity index (χ4n) is 0. The summed E-state index contributed by atoms with van der Waals surface area (Å²) < 4.78 is 0.